The lowest BCUT2D eigenvalue weighted by Gasteiger charge is -2.29. The first-order chi connectivity index (χ1) is 18.5. The maximum absolute atomic E-state index is 14.3. The van der Waals surface area contributed by atoms with Crippen LogP contribution in [0.2, 0.25) is 0 Å². The normalized spacial score (nSPS) is 17.1. The molecule has 2 aromatic heterocycles. The topological polar surface area (TPSA) is 66.4 Å². The maximum atomic E-state index is 14.3. The van der Waals surface area contributed by atoms with Gasteiger partial charge in [0.05, 0.1) is 33.9 Å². The molecule has 0 saturated heterocycles. The minimum Gasteiger partial charge on any atom is -0.305 e. The Labute approximate surface area is 227 Å². The van der Waals surface area contributed by atoms with E-state index in [1.54, 1.807) is 12.4 Å². The Bertz CT molecular complexity index is 1080. The second kappa shape index (κ2) is 13.0. The number of carbonyl (C=O) groups excluding carboxylic acids is 2. The van der Waals surface area contributed by atoms with Crippen LogP contribution in [0.5, 0.6) is 0 Å². The molecule has 4 heterocycles. The minimum absolute atomic E-state index is 0.103. The average Bonchev–Trinajstić information content (AvgIpc) is 3.40. The van der Waals surface area contributed by atoms with Gasteiger partial charge in [0.25, 0.3) is 11.8 Å². The number of pyridine rings is 2. The van der Waals surface area contributed by atoms with Crippen LogP contribution in [0.1, 0.15) is 90.4 Å². The molecule has 0 aliphatic carbocycles. The molecular weight excluding hydrogens is 472 g/mol. The first kappa shape index (κ1) is 27.7. The van der Waals surface area contributed by atoms with Crippen LogP contribution in [0.3, 0.4) is 0 Å². The highest BCUT2D eigenvalue weighted by Gasteiger charge is 2.50. The van der Waals surface area contributed by atoms with Gasteiger partial charge in [0, 0.05) is 25.5 Å². The lowest BCUT2D eigenvalue weighted by Crippen LogP contribution is -2.35. The monoisotopic (exact) mass is 514 g/mol. The molecule has 0 saturated carbocycles. The number of unbranched alkanes of at least 4 members (excludes halogenated alkanes) is 2. The molecule has 2 aliphatic heterocycles. The molecule has 2 amide bonds. The van der Waals surface area contributed by atoms with Gasteiger partial charge in [0.1, 0.15) is 0 Å². The summed E-state index contributed by atoms with van der Waals surface area (Å²) < 4.78 is 0. The van der Waals surface area contributed by atoms with Crippen LogP contribution in [0.15, 0.2) is 59.9 Å². The largest absolute Gasteiger partial charge is 0.305 e. The molecule has 2 aliphatic rings. The zero-order valence-corrected chi connectivity index (χ0v) is 23.4. The quantitative estimate of drug-likeness (QED) is 0.281. The number of carbonyl (C=O) groups is 2. The molecule has 0 N–H and O–H groups in total. The van der Waals surface area contributed by atoms with Gasteiger partial charge >= 0.3 is 0 Å². The van der Waals surface area contributed by atoms with Crippen LogP contribution in [-0.4, -0.2) is 44.7 Å². The zero-order chi connectivity index (χ0) is 27.1. The van der Waals surface area contributed by atoms with Crippen molar-refractivity contribution in [3.63, 3.8) is 0 Å². The van der Waals surface area contributed by atoms with Crippen LogP contribution < -0.4 is 0 Å². The van der Waals surface area contributed by atoms with E-state index < -0.39 is 0 Å². The number of aromatic nitrogens is 2. The zero-order valence-electron chi connectivity index (χ0n) is 23.4. The summed E-state index contributed by atoms with van der Waals surface area (Å²) >= 11 is 0. The first-order valence-electron chi connectivity index (χ1n) is 14.5. The molecule has 0 aromatic carbocycles. The van der Waals surface area contributed by atoms with Gasteiger partial charge in [-0.25, -0.2) is 0 Å². The second-order valence-corrected chi connectivity index (χ2v) is 10.5. The van der Waals surface area contributed by atoms with Gasteiger partial charge in [-0.1, -0.05) is 78.4 Å². The predicted octanol–water partition coefficient (Wildman–Crippen LogP) is 6.72. The number of nitrogens with zero attached hydrogens (tertiary/aromatic N) is 4. The van der Waals surface area contributed by atoms with E-state index >= 15 is 0 Å². The van der Waals surface area contributed by atoms with E-state index in [0.717, 1.165) is 51.4 Å². The highest BCUT2D eigenvalue weighted by Crippen LogP contribution is 2.46. The van der Waals surface area contributed by atoms with Crippen LogP contribution >= 0.6 is 0 Å². The molecule has 6 nitrogen and oxygen atoms in total. The number of hydrogen-bond acceptors (Lipinski definition) is 4. The summed E-state index contributed by atoms with van der Waals surface area (Å²) in [6.45, 7) is 9.93. The fourth-order valence-corrected chi connectivity index (χ4v) is 5.63. The van der Waals surface area contributed by atoms with Crippen molar-refractivity contribution < 1.29 is 9.59 Å². The van der Waals surface area contributed by atoms with E-state index in [1.807, 2.05) is 46.2 Å². The Balaban J connectivity index is 1.86. The van der Waals surface area contributed by atoms with Gasteiger partial charge in [-0.3, -0.25) is 19.6 Å². The van der Waals surface area contributed by atoms with E-state index in [1.165, 1.54) is 0 Å². The molecule has 2 atom stereocenters. The molecule has 2 aromatic rings. The Morgan fingerprint density at radius 3 is 1.39 bits per heavy atom. The first-order valence-corrected chi connectivity index (χ1v) is 14.5. The van der Waals surface area contributed by atoms with E-state index in [0.29, 0.717) is 58.9 Å². The highest BCUT2D eigenvalue weighted by molar-refractivity contribution is 6.30. The fraction of sp³-hybridized carbons (Fsp3) is 0.500. The number of hydrogen-bond donors (Lipinski definition) is 0. The molecule has 38 heavy (non-hydrogen) atoms. The van der Waals surface area contributed by atoms with Gasteiger partial charge in [-0.2, -0.15) is 0 Å². The maximum Gasteiger partial charge on any atom is 0.261 e. The van der Waals surface area contributed by atoms with Crippen molar-refractivity contribution in [2.45, 2.75) is 79.1 Å². The third-order valence-corrected chi connectivity index (χ3v) is 7.96. The van der Waals surface area contributed by atoms with Crippen molar-refractivity contribution in [2.24, 2.45) is 11.8 Å². The van der Waals surface area contributed by atoms with Crippen LogP contribution in [-0.2, 0) is 9.59 Å². The molecule has 2 unspecified atom stereocenters. The van der Waals surface area contributed by atoms with Crippen molar-refractivity contribution in [1.29, 1.82) is 0 Å². The van der Waals surface area contributed by atoms with E-state index in [2.05, 4.69) is 37.7 Å². The van der Waals surface area contributed by atoms with E-state index in [9.17, 15) is 9.59 Å². The van der Waals surface area contributed by atoms with Gasteiger partial charge in [-0.15, -0.1) is 0 Å². The summed E-state index contributed by atoms with van der Waals surface area (Å²) in [5.74, 6) is 0.517. The van der Waals surface area contributed by atoms with E-state index in [4.69, 9.17) is 0 Å². The van der Waals surface area contributed by atoms with Gasteiger partial charge in [0.15, 0.2) is 0 Å². The molecule has 0 bridgehead atoms. The Hall–Kier alpha value is -3.28. The summed E-state index contributed by atoms with van der Waals surface area (Å²) in [6, 6.07) is 11.4. The SMILES string of the molecule is CCCCC(CC)CN1C(=O)C2=C(c3ccccn3)N(CC(CC)CCCC)C(=O)C2=C1c1ccccn1. The fourth-order valence-electron chi connectivity index (χ4n) is 5.63. The molecule has 0 spiro atoms. The number of rotatable bonds is 14. The van der Waals surface area contributed by atoms with Crippen molar-refractivity contribution in [2.75, 3.05) is 13.1 Å². The third kappa shape index (κ3) is 5.59. The predicted molar refractivity (Wildman–Crippen MR) is 152 cm³/mol. The van der Waals surface area contributed by atoms with Gasteiger partial charge < -0.3 is 9.80 Å². The van der Waals surface area contributed by atoms with E-state index in [-0.39, 0.29) is 11.8 Å². The molecule has 4 rings (SSSR count). The standard InChI is InChI=1S/C32H42N4O2/c1-5-9-15-23(7-3)21-35-29(25-17-11-13-19-33-25)27-28(31(35)37)30(26-18-12-14-20-34-26)36(32(27)38)22-24(8-4)16-10-6-2/h11-14,17-20,23-24H,5-10,15-16,21-22H2,1-4H3. The second-order valence-electron chi connectivity index (χ2n) is 10.5. The average molecular weight is 515 g/mol. The summed E-state index contributed by atoms with van der Waals surface area (Å²) in [6.07, 6.45) is 12.0. The lowest BCUT2D eigenvalue weighted by atomic mass is 9.98. The molecule has 0 fully saturated rings. The van der Waals surface area contributed by atoms with Gasteiger partial charge in [0.2, 0.25) is 0 Å². The Morgan fingerprint density at radius 2 is 1.08 bits per heavy atom. The summed E-state index contributed by atoms with van der Waals surface area (Å²) in [5, 5.41) is 0. The summed E-state index contributed by atoms with van der Waals surface area (Å²) in [5.41, 5.74) is 3.64. The highest BCUT2D eigenvalue weighted by atomic mass is 16.2. The molecule has 6 heteroatoms. The van der Waals surface area contributed by atoms with Crippen LogP contribution in [0, 0.1) is 11.8 Å². The van der Waals surface area contributed by atoms with Crippen LogP contribution in [0.25, 0.3) is 11.4 Å². The molecule has 202 valence electrons. The Morgan fingerprint density at radius 1 is 0.658 bits per heavy atom. The minimum atomic E-state index is -0.103. The number of amides is 2. The van der Waals surface area contributed by atoms with Crippen LogP contribution in [0.4, 0.5) is 0 Å². The lowest BCUT2D eigenvalue weighted by molar-refractivity contribution is -0.124. The summed E-state index contributed by atoms with van der Waals surface area (Å²) in [4.78, 5) is 41.5. The van der Waals surface area contributed by atoms with Crippen molar-refractivity contribution in [3.05, 3.63) is 71.3 Å². The third-order valence-electron chi connectivity index (χ3n) is 7.96. The smallest absolute Gasteiger partial charge is 0.261 e. The number of fused-ring (bicyclic) bond motifs is 1. The summed E-state index contributed by atoms with van der Waals surface area (Å²) in [7, 11) is 0. The van der Waals surface area contributed by atoms with Crippen molar-refractivity contribution in [3.8, 4) is 0 Å². The van der Waals surface area contributed by atoms with Crippen molar-refractivity contribution in [1.82, 2.24) is 19.8 Å². The molecule has 0 radical (unpaired) electrons. The Kier molecular flexibility index (Phi) is 9.48. The molecular formula is C32H42N4O2. The van der Waals surface area contributed by atoms with Crippen molar-refractivity contribution >= 4 is 23.2 Å². The van der Waals surface area contributed by atoms with Gasteiger partial charge in [-0.05, 0) is 48.9 Å².